The molecule has 0 spiro atoms. The maximum atomic E-state index is 9.12. The Morgan fingerprint density at radius 1 is 0.867 bits per heavy atom. The van der Waals surface area contributed by atoms with E-state index in [1.807, 2.05) is 48.5 Å². The van der Waals surface area contributed by atoms with Crippen molar-refractivity contribution in [1.29, 1.82) is 0 Å². The number of aryl methyl sites for hydroxylation is 1. The first-order valence-corrected chi connectivity index (χ1v) is 4.81. The van der Waals surface area contributed by atoms with E-state index in [4.69, 9.17) is 3.61 Å². The van der Waals surface area contributed by atoms with E-state index < -0.39 is 0 Å². The van der Waals surface area contributed by atoms with Crippen LogP contribution in [0.25, 0.3) is 0 Å². The minimum Gasteiger partial charge on any atom is -0.184 e. The minimum atomic E-state index is 1.32. The van der Waals surface area contributed by atoms with Crippen LogP contribution in [0.1, 0.15) is 5.56 Å². The van der Waals surface area contributed by atoms with Gasteiger partial charge in [-0.05, 0) is 6.92 Å². The summed E-state index contributed by atoms with van der Waals surface area (Å²) in [5.41, 5.74) is 1.32. The summed E-state index contributed by atoms with van der Waals surface area (Å²) in [6.07, 6.45) is 0. The summed E-state index contributed by atoms with van der Waals surface area (Å²) < 4.78 is 9.12. The zero-order valence-electron chi connectivity index (χ0n) is 8.47. The smallest absolute Gasteiger partial charge is 0.171 e. The second-order valence-electron chi connectivity index (χ2n) is 2.73. The van der Waals surface area contributed by atoms with E-state index in [0.717, 1.165) is 0 Å². The summed E-state index contributed by atoms with van der Waals surface area (Å²) in [5, 5.41) is 0. The molecule has 2 heteroatoms. The number of hydrogen-bond donors (Lipinski definition) is 0. The molecule has 0 radical (unpaired) electrons. The number of benzene rings is 2. The Bertz CT molecular complexity index is 281. The molecule has 0 fully saturated rings. The van der Waals surface area contributed by atoms with Crippen LogP contribution in [0.15, 0.2) is 60.7 Å². The van der Waals surface area contributed by atoms with Gasteiger partial charge in [-0.2, -0.15) is 36.4 Å². The van der Waals surface area contributed by atoms with Crippen molar-refractivity contribution in [3.05, 3.63) is 72.3 Å². The molecule has 0 aliphatic carbocycles. The summed E-state index contributed by atoms with van der Waals surface area (Å²) >= 11 is 2.38. The van der Waals surface area contributed by atoms with Crippen molar-refractivity contribution in [2.75, 3.05) is 0 Å². The summed E-state index contributed by atoms with van der Waals surface area (Å²) in [6.45, 7) is 2.08. The molecule has 0 nitrogen and oxygen atoms in total. The maximum absolute atomic E-state index is 9.12. The van der Waals surface area contributed by atoms with Crippen molar-refractivity contribution in [2.45, 2.75) is 6.92 Å². The molecule has 2 rings (SSSR count). The molecule has 83 valence electrons. The van der Waals surface area contributed by atoms with E-state index in [-0.39, 0.29) is 0 Å². The van der Waals surface area contributed by atoms with Gasteiger partial charge in [0, 0.05) is 0 Å². The first-order chi connectivity index (χ1) is 7.39. The van der Waals surface area contributed by atoms with Crippen LogP contribution in [0.5, 0.6) is 0 Å². The Kier molecular flexibility index (Phi) is 10.1. The molecule has 0 atom stereocenters. The molecule has 0 N–H and O–H groups in total. The topological polar surface area (TPSA) is 0 Å². The summed E-state index contributed by atoms with van der Waals surface area (Å²) in [5.74, 6) is 0. The molecule has 0 aliphatic heterocycles. The van der Waals surface area contributed by atoms with Gasteiger partial charge >= 0.3 is 19.5 Å². The SMILES string of the molecule is Cc1ccccc1.[F][Ni].[c-]1ccccc1. The fourth-order valence-corrected chi connectivity index (χ4v) is 0.876. The van der Waals surface area contributed by atoms with Gasteiger partial charge < -0.3 is 0 Å². The molecule has 0 aliphatic rings. The molecular weight excluding hydrogens is 234 g/mol. The van der Waals surface area contributed by atoms with Crippen LogP contribution in [0.3, 0.4) is 0 Å². The van der Waals surface area contributed by atoms with Crippen LogP contribution < -0.4 is 0 Å². The van der Waals surface area contributed by atoms with E-state index in [1.165, 1.54) is 5.56 Å². The summed E-state index contributed by atoms with van der Waals surface area (Å²) in [6, 6.07) is 22.8. The third kappa shape index (κ3) is 9.17. The Morgan fingerprint density at radius 2 is 1.33 bits per heavy atom. The summed E-state index contributed by atoms with van der Waals surface area (Å²) in [4.78, 5) is 0. The van der Waals surface area contributed by atoms with Crippen molar-refractivity contribution >= 4 is 0 Å². The quantitative estimate of drug-likeness (QED) is 0.489. The van der Waals surface area contributed by atoms with Gasteiger partial charge in [0.15, 0.2) is 0 Å². The van der Waals surface area contributed by atoms with E-state index >= 15 is 0 Å². The maximum Gasteiger partial charge on any atom is -0.171 e. The van der Waals surface area contributed by atoms with E-state index in [0.29, 0.717) is 0 Å². The van der Waals surface area contributed by atoms with E-state index in [1.54, 1.807) is 0 Å². The van der Waals surface area contributed by atoms with E-state index in [2.05, 4.69) is 41.0 Å². The van der Waals surface area contributed by atoms with Crippen molar-refractivity contribution in [1.82, 2.24) is 0 Å². The molecule has 0 bridgehead atoms. The third-order valence-electron chi connectivity index (χ3n) is 1.55. The Morgan fingerprint density at radius 3 is 1.53 bits per heavy atom. The van der Waals surface area contributed by atoms with Crippen LogP contribution in [-0.4, -0.2) is 0 Å². The second kappa shape index (κ2) is 10.9. The number of hydrogen-bond acceptors (Lipinski definition) is 0. The van der Waals surface area contributed by atoms with Gasteiger partial charge in [0.05, 0.1) is 0 Å². The predicted octanol–water partition coefficient (Wildman–Crippen LogP) is 3.90. The predicted molar refractivity (Wildman–Crippen MR) is 57.6 cm³/mol. The fraction of sp³-hybridized carbons (Fsp3) is 0.0769. The zero-order valence-corrected chi connectivity index (χ0v) is 9.46. The minimum absolute atomic E-state index is 1.32. The molecule has 0 saturated heterocycles. The fourth-order valence-electron chi connectivity index (χ4n) is 0.876. The molecular formula is C13H13FNi-. The first-order valence-electron chi connectivity index (χ1n) is 4.44. The van der Waals surface area contributed by atoms with Crippen LogP contribution in [0, 0.1) is 13.0 Å². The monoisotopic (exact) mass is 246 g/mol. The zero-order chi connectivity index (χ0) is 11.4. The third-order valence-corrected chi connectivity index (χ3v) is 1.55. The van der Waals surface area contributed by atoms with Crippen LogP contribution in [-0.2, 0) is 15.9 Å². The van der Waals surface area contributed by atoms with Crippen molar-refractivity contribution in [3.63, 3.8) is 0 Å². The molecule has 0 unspecified atom stereocenters. The molecule has 0 amide bonds. The van der Waals surface area contributed by atoms with Crippen molar-refractivity contribution in [2.24, 2.45) is 0 Å². The van der Waals surface area contributed by atoms with Crippen molar-refractivity contribution < 1.29 is 19.5 Å². The average Bonchev–Trinajstić information content (AvgIpc) is 2.36. The largest absolute Gasteiger partial charge is 0.184 e. The average molecular weight is 247 g/mol. The molecule has 15 heavy (non-hydrogen) atoms. The molecule has 2 aromatic carbocycles. The Labute approximate surface area is 99.0 Å². The first kappa shape index (κ1) is 13.9. The molecule has 0 aromatic heterocycles. The normalized spacial score (nSPS) is 7.73. The van der Waals surface area contributed by atoms with Crippen LogP contribution >= 0.6 is 0 Å². The Hall–Kier alpha value is -1.14. The van der Waals surface area contributed by atoms with Crippen LogP contribution in [0.2, 0.25) is 0 Å². The van der Waals surface area contributed by atoms with Gasteiger partial charge in [-0.25, -0.2) is 0 Å². The summed E-state index contributed by atoms with van der Waals surface area (Å²) in [7, 11) is 0. The van der Waals surface area contributed by atoms with Gasteiger partial charge in [-0.15, -0.1) is 0 Å². The number of halogens is 1. The second-order valence-corrected chi connectivity index (χ2v) is 2.73. The Balaban J connectivity index is 0.000000227. The van der Waals surface area contributed by atoms with Crippen LogP contribution in [0.4, 0.5) is 3.61 Å². The standard InChI is InChI=1S/C7H8.C6H5.FH.Ni/c1-7-5-3-2-4-6-7;1-2-4-6-5-3-1;;/h2-6H,1H3;1-5H;1H;/q;-1;;+1/p-1. The van der Waals surface area contributed by atoms with Gasteiger partial charge in [-0.1, -0.05) is 35.9 Å². The number of rotatable bonds is 0. The van der Waals surface area contributed by atoms with Crippen molar-refractivity contribution in [3.8, 4) is 0 Å². The molecule has 2 aromatic rings. The molecule has 0 heterocycles. The van der Waals surface area contributed by atoms with E-state index in [9.17, 15) is 0 Å². The van der Waals surface area contributed by atoms with Gasteiger partial charge in [-0.3, -0.25) is 0 Å². The van der Waals surface area contributed by atoms with Gasteiger partial charge in [0.1, 0.15) is 0 Å². The molecule has 0 saturated carbocycles. The van der Waals surface area contributed by atoms with Gasteiger partial charge in [0.25, 0.3) is 0 Å². The van der Waals surface area contributed by atoms with Gasteiger partial charge in [0.2, 0.25) is 0 Å².